The van der Waals surface area contributed by atoms with E-state index in [1.54, 1.807) is 7.11 Å². The Hall–Kier alpha value is -0.540. The van der Waals surface area contributed by atoms with Crippen LogP contribution in [0.3, 0.4) is 0 Å². The molecular weight excluding hydrogens is 374 g/mol. The van der Waals surface area contributed by atoms with E-state index in [-0.39, 0.29) is 30.3 Å². The van der Waals surface area contributed by atoms with E-state index >= 15 is 0 Å². The maximum absolute atomic E-state index is 12.3. The molecule has 0 aromatic heterocycles. The zero-order chi connectivity index (χ0) is 20.7. The Bertz CT molecular complexity index is 791. The van der Waals surface area contributed by atoms with Crippen molar-refractivity contribution in [2.75, 3.05) is 20.2 Å². The Kier molecular flexibility index (Phi) is 3.48. The molecule has 7 nitrogen and oxygen atoms in total. The van der Waals surface area contributed by atoms with Gasteiger partial charge in [0.25, 0.3) is 0 Å². The number of ether oxygens (including phenoxy) is 1. The number of likely N-dealkylation sites (N-methyl/N-ethyl adjacent to an activating group) is 1. The fourth-order valence-electron chi connectivity index (χ4n) is 9.68. The summed E-state index contributed by atoms with van der Waals surface area (Å²) in [5, 5.41) is 58.9. The van der Waals surface area contributed by atoms with Crippen LogP contribution in [0.25, 0.3) is 0 Å². The highest BCUT2D eigenvalue weighted by Crippen LogP contribution is 2.78. The molecule has 7 bridgehead atoms. The van der Waals surface area contributed by atoms with Gasteiger partial charge in [-0.25, -0.2) is 0 Å². The fourth-order valence-corrected chi connectivity index (χ4v) is 9.68. The first-order valence-electron chi connectivity index (χ1n) is 11.1. The second-order valence-corrected chi connectivity index (χ2v) is 10.9. The van der Waals surface area contributed by atoms with E-state index in [9.17, 15) is 25.5 Å². The van der Waals surface area contributed by atoms with Crippen LogP contribution >= 0.6 is 0 Å². The summed E-state index contributed by atoms with van der Waals surface area (Å²) >= 11 is 0. The standard InChI is InChI=1S/C22H33NO6/c1-4-23-9-19(2)6-5-13(24)21-11-7-10-12(29-3)8-20(27,14(11)15(10)25)22(28,18(21)23)17(26)16(19)21/h5-6,10-18,24-28H,4,7-9H2,1-3H3/t10-,11-,12+,13+,14-,15+,16-,17+,18+,19+,20-,21?,22-/m1/s1. The number of likely N-dealkylation sites (tertiary alicyclic amines) is 1. The molecule has 1 heterocycles. The molecule has 1 saturated heterocycles. The molecule has 1 unspecified atom stereocenters. The van der Waals surface area contributed by atoms with Crippen molar-refractivity contribution in [3.8, 4) is 0 Å². The van der Waals surface area contributed by atoms with Gasteiger partial charge in [0.2, 0.25) is 0 Å². The lowest BCUT2D eigenvalue weighted by atomic mass is 9.44. The van der Waals surface area contributed by atoms with Crippen molar-refractivity contribution >= 4 is 0 Å². The maximum Gasteiger partial charge on any atom is 0.136 e. The number of fused-ring (bicyclic) bond motifs is 2. The summed E-state index contributed by atoms with van der Waals surface area (Å²) in [6, 6.07) is -0.569. The third-order valence-electron chi connectivity index (χ3n) is 10.3. The highest BCUT2D eigenvalue weighted by atomic mass is 16.5. The van der Waals surface area contributed by atoms with Gasteiger partial charge < -0.3 is 30.3 Å². The molecule has 1 spiro atoms. The first-order valence-corrected chi connectivity index (χ1v) is 11.1. The van der Waals surface area contributed by atoms with E-state index in [2.05, 4.69) is 11.8 Å². The van der Waals surface area contributed by atoms with Gasteiger partial charge in [0.1, 0.15) is 11.2 Å². The lowest BCUT2D eigenvalue weighted by Crippen LogP contribution is -2.81. The van der Waals surface area contributed by atoms with Gasteiger partial charge >= 0.3 is 0 Å². The van der Waals surface area contributed by atoms with Gasteiger partial charge in [0.15, 0.2) is 0 Å². The summed E-state index contributed by atoms with van der Waals surface area (Å²) in [7, 11) is 1.58. The van der Waals surface area contributed by atoms with Crippen LogP contribution in [0.4, 0.5) is 0 Å². The van der Waals surface area contributed by atoms with Crippen LogP contribution in [-0.4, -0.2) is 92.3 Å². The largest absolute Gasteiger partial charge is 0.392 e. The molecule has 0 radical (unpaired) electrons. The summed E-state index contributed by atoms with van der Waals surface area (Å²) in [4.78, 5) is 2.16. The van der Waals surface area contributed by atoms with Gasteiger partial charge in [-0.15, -0.1) is 0 Å². The van der Waals surface area contributed by atoms with Crippen LogP contribution in [0, 0.1) is 34.5 Å². The monoisotopic (exact) mass is 407 g/mol. The third kappa shape index (κ3) is 1.63. The highest BCUT2D eigenvalue weighted by molar-refractivity contribution is 5.43. The van der Waals surface area contributed by atoms with Crippen molar-refractivity contribution in [1.29, 1.82) is 0 Å². The molecular formula is C22H33NO6. The van der Waals surface area contributed by atoms with Gasteiger partial charge in [-0.3, -0.25) is 4.90 Å². The van der Waals surface area contributed by atoms with Gasteiger partial charge in [0.05, 0.1) is 30.5 Å². The molecule has 0 aromatic carbocycles. The minimum Gasteiger partial charge on any atom is -0.392 e. The number of piperidine rings is 1. The van der Waals surface area contributed by atoms with Crippen LogP contribution in [0.15, 0.2) is 12.2 Å². The van der Waals surface area contributed by atoms with E-state index in [4.69, 9.17) is 4.74 Å². The predicted molar refractivity (Wildman–Crippen MR) is 103 cm³/mol. The average molecular weight is 408 g/mol. The zero-order valence-corrected chi connectivity index (χ0v) is 17.3. The number of aliphatic hydroxyl groups excluding tert-OH is 3. The van der Waals surface area contributed by atoms with Gasteiger partial charge in [-0.1, -0.05) is 26.0 Å². The van der Waals surface area contributed by atoms with Crippen LogP contribution in [0.5, 0.6) is 0 Å². The number of hydrogen-bond donors (Lipinski definition) is 5. The van der Waals surface area contributed by atoms with Crippen molar-refractivity contribution in [1.82, 2.24) is 4.90 Å². The molecule has 5 fully saturated rings. The quantitative estimate of drug-likeness (QED) is 0.378. The molecule has 6 aliphatic rings. The lowest BCUT2D eigenvalue weighted by molar-refractivity contribution is -0.308. The van der Waals surface area contributed by atoms with Crippen LogP contribution in [0.2, 0.25) is 0 Å². The molecule has 162 valence electrons. The number of nitrogens with zero attached hydrogens (tertiary/aromatic N) is 1. The second-order valence-electron chi connectivity index (χ2n) is 10.9. The van der Waals surface area contributed by atoms with Gasteiger partial charge in [-0.2, -0.15) is 0 Å². The van der Waals surface area contributed by atoms with Crippen molar-refractivity contribution in [3.63, 3.8) is 0 Å². The number of rotatable bonds is 2. The molecule has 6 rings (SSSR count). The molecule has 5 aliphatic carbocycles. The second kappa shape index (κ2) is 5.26. The first kappa shape index (κ1) is 19.2. The van der Waals surface area contributed by atoms with Crippen LogP contribution in [-0.2, 0) is 4.74 Å². The van der Waals surface area contributed by atoms with E-state index in [0.29, 0.717) is 19.5 Å². The summed E-state index contributed by atoms with van der Waals surface area (Å²) in [6.45, 7) is 5.43. The van der Waals surface area contributed by atoms with E-state index in [1.165, 1.54) is 0 Å². The van der Waals surface area contributed by atoms with E-state index in [1.807, 2.05) is 19.1 Å². The molecule has 0 amide bonds. The van der Waals surface area contributed by atoms with Crippen molar-refractivity contribution in [3.05, 3.63) is 12.2 Å². The van der Waals surface area contributed by atoms with E-state index in [0.717, 1.165) is 0 Å². The van der Waals surface area contributed by atoms with Crippen LogP contribution < -0.4 is 0 Å². The fraction of sp³-hybridized carbons (Fsp3) is 0.909. The minimum atomic E-state index is -1.84. The first-order chi connectivity index (χ1) is 13.6. The van der Waals surface area contributed by atoms with E-state index < -0.39 is 52.3 Å². The molecule has 29 heavy (non-hydrogen) atoms. The maximum atomic E-state index is 12.3. The Labute approximate surface area is 171 Å². The number of hydrogen-bond acceptors (Lipinski definition) is 7. The summed E-state index contributed by atoms with van der Waals surface area (Å²) in [5.74, 6) is -1.29. The minimum absolute atomic E-state index is 0.134. The predicted octanol–water partition coefficient (Wildman–Crippen LogP) is -0.888. The Morgan fingerprint density at radius 3 is 2.59 bits per heavy atom. The smallest absolute Gasteiger partial charge is 0.136 e. The Balaban J connectivity index is 1.68. The summed E-state index contributed by atoms with van der Waals surface area (Å²) < 4.78 is 5.66. The number of methoxy groups -OCH3 is 1. The number of aliphatic hydroxyl groups is 5. The Morgan fingerprint density at radius 2 is 1.93 bits per heavy atom. The SMILES string of the molecule is CCN1C[C@]2(C)C=C[C@H](O)C34[C@@H]5C[C@H]6[C@H](O)[C@@H]5[C@](O)(C[C@@H]6OC)[C@@](O)([C@@H](O)[C@@H]32)[C@@H]14. The average Bonchev–Trinajstić information content (AvgIpc) is 3.04. The molecule has 1 aliphatic heterocycles. The normalized spacial score (nSPS) is 67.1. The van der Waals surface area contributed by atoms with Gasteiger partial charge in [-0.05, 0) is 18.9 Å². The van der Waals surface area contributed by atoms with Crippen molar-refractivity contribution in [2.24, 2.45) is 34.5 Å². The van der Waals surface area contributed by atoms with Gasteiger partial charge in [0, 0.05) is 48.7 Å². The topological polar surface area (TPSA) is 114 Å². The molecule has 0 aromatic rings. The zero-order valence-electron chi connectivity index (χ0n) is 17.3. The lowest BCUT2D eigenvalue weighted by Gasteiger charge is -2.68. The van der Waals surface area contributed by atoms with Crippen molar-refractivity contribution < 1.29 is 30.3 Å². The summed E-state index contributed by atoms with van der Waals surface area (Å²) in [5.41, 5.74) is -4.74. The molecule has 4 saturated carbocycles. The third-order valence-corrected chi connectivity index (χ3v) is 10.3. The van der Waals surface area contributed by atoms with Crippen molar-refractivity contribution in [2.45, 2.75) is 68.3 Å². The molecule has 13 atom stereocenters. The Morgan fingerprint density at radius 1 is 1.21 bits per heavy atom. The summed E-state index contributed by atoms with van der Waals surface area (Å²) in [6.07, 6.45) is 1.41. The van der Waals surface area contributed by atoms with Crippen LogP contribution in [0.1, 0.15) is 26.7 Å². The highest BCUT2D eigenvalue weighted by Gasteiger charge is 2.90. The molecule has 7 heteroatoms. The molecule has 5 N–H and O–H groups in total.